The normalized spacial score (nSPS) is 9.80. The van der Waals surface area contributed by atoms with E-state index in [1.165, 1.54) is 16.5 Å². The second kappa shape index (κ2) is 12.1. The van der Waals surface area contributed by atoms with E-state index in [4.69, 9.17) is 16.6 Å². The largest absolute Gasteiger partial charge is 0.412 e. The van der Waals surface area contributed by atoms with Crippen molar-refractivity contribution < 1.29 is 5.48 Å². The fourth-order valence-electron chi connectivity index (χ4n) is 2.65. The van der Waals surface area contributed by atoms with Gasteiger partial charge >= 0.3 is 0 Å². The van der Waals surface area contributed by atoms with Gasteiger partial charge in [0.2, 0.25) is 0 Å². The van der Waals surface area contributed by atoms with Crippen molar-refractivity contribution in [2.45, 2.75) is 6.42 Å². The molecule has 25 heavy (non-hydrogen) atoms. The van der Waals surface area contributed by atoms with E-state index in [0.717, 1.165) is 37.1 Å². The first-order chi connectivity index (χ1) is 10.9. The minimum Gasteiger partial charge on any atom is -0.412 e. The topological polar surface area (TPSA) is 68.5 Å². The minimum atomic E-state index is 0. The molecule has 4 nitrogen and oxygen atoms in total. The number of para-hydroxylation sites is 2. The molecule has 3 rings (SSSR count). The summed E-state index contributed by atoms with van der Waals surface area (Å²) in [5.74, 6) is 0.660. The highest BCUT2D eigenvalue weighted by atomic mass is 35.5. The highest BCUT2D eigenvalue weighted by molar-refractivity contribution is 6.18. The Kier molecular flexibility index (Phi) is 11.5. The lowest BCUT2D eigenvalue weighted by molar-refractivity contribution is 0.691. The number of aromatic nitrogens is 1. The van der Waals surface area contributed by atoms with Gasteiger partial charge in [0.15, 0.2) is 0 Å². The predicted octanol–water partition coefficient (Wildman–Crippen LogP) is 4.04. The van der Waals surface area contributed by atoms with Gasteiger partial charge in [0.1, 0.15) is 0 Å². The van der Waals surface area contributed by atoms with E-state index >= 15 is 0 Å². The van der Waals surface area contributed by atoms with E-state index in [2.05, 4.69) is 47.0 Å². The lowest BCUT2D eigenvalue weighted by Gasteiger charge is -2.13. The van der Waals surface area contributed by atoms with Crippen molar-refractivity contribution in [1.29, 1.82) is 0 Å². The van der Waals surface area contributed by atoms with Gasteiger partial charge in [-0.15, -0.1) is 36.4 Å². The monoisotopic (exact) mass is 403 g/mol. The van der Waals surface area contributed by atoms with Crippen LogP contribution < -0.4 is 10.6 Å². The Hall–Kier alpha value is -1.30. The zero-order valence-electron chi connectivity index (χ0n) is 13.8. The average molecular weight is 405 g/mol. The van der Waals surface area contributed by atoms with Gasteiger partial charge in [0.25, 0.3) is 0 Å². The summed E-state index contributed by atoms with van der Waals surface area (Å²) in [5.41, 5.74) is 3.24. The van der Waals surface area contributed by atoms with Gasteiger partial charge < -0.3 is 16.1 Å². The summed E-state index contributed by atoms with van der Waals surface area (Å²) < 4.78 is 0. The molecule has 4 N–H and O–H groups in total. The fraction of sp³-hybridized carbons (Fsp3) is 0.278. The molecular weight excluding hydrogens is 381 g/mol. The summed E-state index contributed by atoms with van der Waals surface area (Å²) >= 11 is 5.66. The Balaban J connectivity index is 0.00000192. The Labute approximate surface area is 165 Å². The molecule has 3 aromatic rings. The molecule has 0 fully saturated rings. The summed E-state index contributed by atoms with van der Waals surface area (Å²) in [6.07, 6.45) is 1.06. The smallest absolute Gasteiger partial charge is 0.0730 e. The first-order valence-corrected chi connectivity index (χ1v) is 8.21. The van der Waals surface area contributed by atoms with Crippen LogP contribution in [0.15, 0.2) is 48.5 Å². The van der Waals surface area contributed by atoms with Crippen molar-refractivity contribution in [2.75, 3.05) is 30.8 Å². The zero-order valence-corrected chi connectivity index (χ0v) is 16.2. The molecule has 7 heteroatoms. The molecule has 0 saturated carbocycles. The van der Waals surface area contributed by atoms with Crippen LogP contribution in [0.3, 0.4) is 0 Å². The molecule has 0 radical (unpaired) electrons. The zero-order chi connectivity index (χ0) is 15.2. The SMILES string of the molecule is Cl.Cl.ClCCNCCCNc1c2ccccc2nc2ccccc12.O. The highest BCUT2D eigenvalue weighted by Gasteiger charge is 2.07. The van der Waals surface area contributed by atoms with Crippen LogP contribution in [-0.2, 0) is 0 Å². The molecular formula is C18H24Cl3N3O. The molecule has 0 unspecified atom stereocenters. The molecule has 0 atom stereocenters. The molecule has 0 aliphatic rings. The number of rotatable bonds is 7. The molecule has 1 heterocycles. The van der Waals surface area contributed by atoms with Gasteiger partial charge in [0.05, 0.1) is 16.7 Å². The molecule has 2 aromatic carbocycles. The third-order valence-corrected chi connectivity index (χ3v) is 3.88. The van der Waals surface area contributed by atoms with Gasteiger partial charge in [0, 0.05) is 29.7 Å². The van der Waals surface area contributed by atoms with E-state index in [-0.39, 0.29) is 30.3 Å². The van der Waals surface area contributed by atoms with Crippen LogP contribution in [0.25, 0.3) is 21.8 Å². The second-order valence-electron chi connectivity index (χ2n) is 5.24. The van der Waals surface area contributed by atoms with Gasteiger partial charge in [-0.2, -0.15) is 0 Å². The van der Waals surface area contributed by atoms with Gasteiger partial charge in [-0.25, -0.2) is 4.98 Å². The van der Waals surface area contributed by atoms with E-state index in [0.29, 0.717) is 5.88 Å². The number of benzene rings is 2. The van der Waals surface area contributed by atoms with E-state index in [9.17, 15) is 0 Å². The Bertz CT molecular complexity index is 717. The van der Waals surface area contributed by atoms with Crippen LogP contribution >= 0.6 is 36.4 Å². The standard InChI is InChI=1S/C18H20ClN3.2ClH.H2O/c19-10-13-20-11-5-12-21-18-14-6-1-3-8-16(14)22-17-9-4-2-7-15(17)18;;;/h1-4,6-9,20H,5,10-13H2,(H,21,22);2*1H;1H2. The van der Waals surface area contributed by atoms with Crippen molar-refractivity contribution in [3.05, 3.63) is 48.5 Å². The molecule has 0 saturated heterocycles. The Morgan fingerprint density at radius 3 is 1.92 bits per heavy atom. The summed E-state index contributed by atoms with van der Waals surface area (Å²) in [6.45, 7) is 2.76. The Morgan fingerprint density at radius 2 is 1.36 bits per heavy atom. The number of alkyl halides is 1. The maximum Gasteiger partial charge on any atom is 0.0730 e. The number of pyridine rings is 1. The molecule has 0 spiro atoms. The predicted molar refractivity (Wildman–Crippen MR) is 114 cm³/mol. The number of halogens is 3. The third kappa shape index (κ3) is 5.87. The summed E-state index contributed by atoms with van der Waals surface area (Å²) in [6, 6.07) is 16.6. The van der Waals surface area contributed by atoms with Crippen LogP contribution in [0.1, 0.15) is 6.42 Å². The second-order valence-corrected chi connectivity index (χ2v) is 5.62. The number of fused-ring (bicyclic) bond motifs is 2. The lowest BCUT2D eigenvalue weighted by atomic mass is 10.1. The first kappa shape index (κ1) is 23.7. The van der Waals surface area contributed by atoms with Crippen LogP contribution in [0.4, 0.5) is 5.69 Å². The lowest BCUT2D eigenvalue weighted by Crippen LogP contribution is -2.20. The Morgan fingerprint density at radius 1 is 0.800 bits per heavy atom. The van der Waals surface area contributed by atoms with Gasteiger partial charge in [-0.05, 0) is 25.1 Å². The van der Waals surface area contributed by atoms with Gasteiger partial charge in [-0.1, -0.05) is 36.4 Å². The van der Waals surface area contributed by atoms with Crippen LogP contribution in [0, 0.1) is 0 Å². The number of anilines is 1. The minimum absolute atomic E-state index is 0. The highest BCUT2D eigenvalue weighted by Crippen LogP contribution is 2.30. The number of nitrogens with zero attached hydrogens (tertiary/aromatic N) is 1. The third-order valence-electron chi connectivity index (χ3n) is 3.69. The van der Waals surface area contributed by atoms with Crippen molar-refractivity contribution in [1.82, 2.24) is 10.3 Å². The molecule has 0 aliphatic heterocycles. The average Bonchev–Trinajstić information content (AvgIpc) is 2.57. The molecule has 1 aromatic heterocycles. The van der Waals surface area contributed by atoms with E-state index < -0.39 is 0 Å². The fourth-order valence-corrected chi connectivity index (χ4v) is 2.78. The molecule has 0 amide bonds. The molecule has 138 valence electrons. The number of nitrogens with one attached hydrogen (secondary N) is 2. The van der Waals surface area contributed by atoms with Crippen molar-refractivity contribution in [2.24, 2.45) is 0 Å². The van der Waals surface area contributed by atoms with E-state index in [1.54, 1.807) is 0 Å². The van der Waals surface area contributed by atoms with Crippen molar-refractivity contribution >= 4 is 63.9 Å². The quantitative estimate of drug-likeness (QED) is 0.355. The van der Waals surface area contributed by atoms with Gasteiger partial charge in [-0.3, -0.25) is 0 Å². The van der Waals surface area contributed by atoms with Crippen LogP contribution in [0.5, 0.6) is 0 Å². The van der Waals surface area contributed by atoms with E-state index in [1.807, 2.05) is 12.1 Å². The molecule has 0 bridgehead atoms. The maximum atomic E-state index is 5.66. The summed E-state index contributed by atoms with van der Waals surface area (Å²) in [4.78, 5) is 4.74. The molecule has 0 aliphatic carbocycles. The number of hydrogen-bond acceptors (Lipinski definition) is 3. The van der Waals surface area contributed by atoms with Crippen molar-refractivity contribution in [3.8, 4) is 0 Å². The summed E-state index contributed by atoms with van der Waals surface area (Å²) in [5, 5.41) is 9.26. The summed E-state index contributed by atoms with van der Waals surface area (Å²) in [7, 11) is 0. The number of hydrogen-bond donors (Lipinski definition) is 2. The van der Waals surface area contributed by atoms with Crippen LogP contribution in [0.2, 0.25) is 0 Å². The van der Waals surface area contributed by atoms with Crippen molar-refractivity contribution in [3.63, 3.8) is 0 Å². The van der Waals surface area contributed by atoms with Crippen LogP contribution in [-0.4, -0.2) is 36.0 Å². The first-order valence-electron chi connectivity index (χ1n) is 7.68. The maximum absolute atomic E-state index is 5.66.